The fraction of sp³-hybridized carbons (Fsp3) is 0.538. The van der Waals surface area contributed by atoms with Crippen molar-refractivity contribution >= 4 is 5.69 Å². The van der Waals surface area contributed by atoms with E-state index >= 15 is 0 Å². The van der Waals surface area contributed by atoms with Crippen molar-refractivity contribution in [3.63, 3.8) is 0 Å². The van der Waals surface area contributed by atoms with Crippen LogP contribution in [0, 0.1) is 5.92 Å². The Hall–Kier alpha value is -1.42. The van der Waals surface area contributed by atoms with Crippen LogP contribution in [-0.2, 0) is 0 Å². The Morgan fingerprint density at radius 3 is 2.94 bits per heavy atom. The number of nitrogens with two attached hydrogens (primary N) is 1. The van der Waals surface area contributed by atoms with Gasteiger partial charge < -0.3 is 20.1 Å². The summed E-state index contributed by atoms with van der Waals surface area (Å²) in [6, 6.07) is 6.41. The second kappa shape index (κ2) is 4.11. The fourth-order valence-electron chi connectivity index (χ4n) is 2.53. The second-order valence-corrected chi connectivity index (χ2v) is 4.89. The first kappa shape index (κ1) is 10.7. The van der Waals surface area contributed by atoms with Crippen LogP contribution in [-0.4, -0.2) is 25.9 Å². The molecule has 4 heteroatoms. The molecule has 2 atom stereocenters. The third kappa shape index (κ3) is 1.93. The molecule has 0 amide bonds. The zero-order valence-electron chi connectivity index (χ0n) is 10.1. The highest BCUT2D eigenvalue weighted by molar-refractivity contribution is 5.57. The molecule has 0 radical (unpaired) electrons. The average Bonchev–Trinajstić information content (AvgIpc) is 2.97. The molecule has 0 saturated carbocycles. The van der Waals surface area contributed by atoms with E-state index in [0.717, 1.165) is 24.6 Å². The van der Waals surface area contributed by atoms with Gasteiger partial charge in [0.15, 0.2) is 11.5 Å². The Balaban J connectivity index is 1.77. The van der Waals surface area contributed by atoms with E-state index in [1.807, 2.05) is 6.07 Å². The van der Waals surface area contributed by atoms with E-state index < -0.39 is 0 Å². The molecule has 1 saturated heterocycles. The minimum Gasteiger partial charge on any atom is -0.454 e. The van der Waals surface area contributed by atoms with Gasteiger partial charge in [-0.15, -0.1) is 0 Å². The summed E-state index contributed by atoms with van der Waals surface area (Å²) in [5, 5.41) is 0. The average molecular weight is 234 g/mol. The van der Waals surface area contributed by atoms with Gasteiger partial charge in [0.05, 0.1) is 0 Å². The molecule has 0 spiro atoms. The molecular weight excluding hydrogens is 216 g/mol. The smallest absolute Gasteiger partial charge is 0.231 e. The maximum atomic E-state index is 5.96. The van der Waals surface area contributed by atoms with Gasteiger partial charge in [0, 0.05) is 30.9 Å². The number of hydrogen-bond donors (Lipinski definition) is 1. The van der Waals surface area contributed by atoms with Gasteiger partial charge in [0.25, 0.3) is 0 Å². The molecule has 2 aliphatic rings. The van der Waals surface area contributed by atoms with Crippen LogP contribution < -0.4 is 20.1 Å². The van der Waals surface area contributed by atoms with Crippen molar-refractivity contribution < 1.29 is 9.47 Å². The minimum atomic E-state index is 0.272. The zero-order chi connectivity index (χ0) is 11.8. The highest BCUT2D eigenvalue weighted by Gasteiger charge is 2.26. The van der Waals surface area contributed by atoms with Crippen LogP contribution in [0.3, 0.4) is 0 Å². The van der Waals surface area contributed by atoms with Crippen LogP contribution in [0.5, 0.6) is 11.5 Å². The maximum Gasteiger partial charge on any atom is 0.231 e. The predicted molar refractivity (Wildman–Crippen MR) is 66.5 cm³/mol. The van der Waals surface area contributed by atoms with Gasteiger partial charge in [-0.3, -0.25) is 0 Å². The summed E-state index contributed by atoms with van der Waals surface area (Å²) in [5.74, 6) is 2.30. The van der Waals surface area contributed by atoms with Crippen molar-refractivity contribution in [2.24, 2.45) is 11.7 Å². The molecule has 1 aromatic rings. The van der Waals surface area contributed by atoms with Crippen molar-refractivity contribution in [1.29, 1.82) is 0 Å². The first-order chi connectivity index (χ1) is 8.24. The monoisotopic (exact) mass is 234 g/mol. The molecule has 1 aromatic carbocycles. The second-order valence-electron chi connectivity index (χ2n) is 4.89. The highest BCUT2D eigenvalue weighted by atomic mass is 16.7. The molecule has 17 heavy (non-hydrogen) atoms. The standard InChI is InChI=1S/C13H18N2O2/c1-9(14)10-4-5-15(7-10)11-2-3-12-13(6-11)17-8-16-12/h2-3,6,9-10H,4-5,7-8,14H2,1H3. The number of rotatable bonds is 2. The molecule has 4 nitrogen and oxygen atoms in total. The van der Waals surface area contributed by atoms with Crippen molar-refractivity contribution in [3.05, 3.63) is 18.2 Å². The third-order valence-corrected chi connectivity index (χ3v) is 3.69. The van der Waals surface area contributed by atoms with E-state index in [9.17, 15) is 0 Å². The lowest BCUT2D eigenvalue weighted by Crippen LogP contribution is -2.29. The fourth-order valence-corrected chi connectivity index (χ4v) is 2.53. The first-order valence-corrected chi connectivity index (χ1v) is 6.14. The van der Waals surface area contributed by atoms with E-state index in [4.69, 9.17) is 15.2 Å². The quantitative estimate of drug-likeness (QED) is 0.844. The van der Waals surface area contributed by atoms with E-state index in [0.29, 0.717) is 12.7 Å². The molecule has 2 N–H and O–H groups in total. The lowest BCUT2D eigenvalue weighted by molar-refractivity contribution is 0.174. The van der Waals surface area contributed by atoms with Gasteiger partial charge in [-0.05, 0) is 31.4 Å². The number of nitrogens with zero attached hydrogens (tertiary/aromatic N) is 1. The predicted octanol–water partition coefficient (Wildman–Crippen LogP) is 1.59. The van der Waals surface area contributed by atoms with E-state index in [-0.39, 0.29) is 6.04 Å². The lowest BCUT2D eigenvalue weighted by atomic mass is 10.0. The van der Waals surface area contributed by atoms with E-state index in [1.165, 1.54) is 12.1 Å². The van der Waals surface area contributed by atoms with Crippen molar-refractivity contribution in [2.75, 3.05) is 24.8 Å². The number of benzene rings is 1. The topological polar surface area (TPSA) is 47.7 Å². The molecule has 0 aliphatic carbocycles. The van der Waals surface area contributed by atoms with Gasteiger partial charge in [0.1, 0.15) is 0 Å². The van der Waals surface area contributed by atoms with Crippen LogP contribution in [0.2, 0.25) is 0 Å². The Labute approximate surface area is 101 Å². The molecule has 2 heterocycles. The summed E-state index contributed by atoms with van der Waals surface area (Å²) in [6.45, 7) is 4.54. The van der Waals surface area contributed by atoms with Gasteiger partial charge >= 0.3 is 0 Å². The van der Waals surface area contributed by atoms with Crippen molar-refractivity contribution in [1.82, 2.24) is 0 Å². The minimum absolute atomic E-state index is 0.272. The molecule has 2 aliphatic heterocycles. The summed E-state index contributed by atoms with van der Waals surface area (Å²) in [6.07, 6.45) is 1.17. The van der Waals surface area contributed by atoms with Crippen LogP contribution >= 0.6 is 0 Å². The molecular formula is C13H18N2O2. The van der Waals surface area contributed by atoms with Crippen LogP contribution in [0.4, 0.5) is 5.69 Å². The molecule has 1 fully saturated rings. The number of hydrogen-bond acceptors (Lipinski definition) is 4. The molecule has 2 unspecified atom stereocenters. The van der Waals surface area contributed by atoms with Gasteiger partial charge in [-0.2, -0.15) is 0 Å². The van der Waals surface area contributed by atoms with Crippen LogP contribution in [0.25, 0.3) is 0 Å². The zero-order valence-corrected chi connectivity index (χ0v) is 10.1. The largest absolute Gasteiger partial charge is 0.454 e. The van der Waals surface area contributed by atoms with E-state index in [2.05, 4.69) is 24.0 Å². The summed E-state index contributed by atoms with van der Waals surface area (Å²) < 4.78 is 10.7. The number of ether oxygens (including phenoxy) is 2. The van der Waals surface area contributed by atoms with Crippen molar-refractivity contribution in [2.45, 2.75) is 19.4 Å². The Bertz CT molecular complexity index is 420. The Morgan fingerprint density at radius 1 is 1.35 bits per heavy atom. The van der Waals surface area contributed by atoms with Gasteiger partial charge in [-0.1, -0.05) is 0 Å². The molecule has 3 rings (SSSR count). The highest BCUT2D eigenvalue weighted by Crippen LogP contribution is 2.36. The van der Waals surface area contributed by atoms with Crippen LogP contribution in [0.1, 0.15) is 13.3 Å². The SMILES string of the molecule is CC(N)C1CCN(c2ccc3c(c2)OCO3)C1. The first-order valence-electron chi connectivity index (χ1n) is 6.14. The Kier molecular flexibility index (Phi) is 2.59. The summed E-state index contributed by atoms with van der Waals surface area (Å²) in [5.41, 5.74) is 7.16. The normalized spacial score (nSPS) is 24.1. The third-order valence-electron chi connectivity index (χ3n) is 3.69. The number of anilines is 1. The summed E-state index contributed by atoms with van der Waals surface area (Å²) >= 11 is 0. The number of fused-ring (bicyclic) bond motifs is 1. The van der Waals surface area contributed by atoms with Crippen molar-refractivity contribution in [3.8, 4) is 11.5 Å². The maximum absolute atomic E-state index is 5.96. The summed E-state index contributed by atoms with van der Waals surface area (Å²) in [4.78, 5) is 2.37. The van der Waals surface area contributed by atoms with Gasteiger partial charge in [0.2, 0.25) is 6.79 Å². The molecule has 0 aromatic heterocycles. The molecule has 0 bridgehead atoms. The molecule has 92 valence electrons. The van der Waals surface area contributed by atoms with Gasteiger partial charge in [-0.25, -0.2) is 0 Å². The summed E-state index contributed by atoms with van der Waals surface area (Å²) in [7, 11) is 0. The van der Waals surface area contributed by atoms with E-state index in [1.54, 1.807) is 0 Å². The van der Waals surface area contributed by atoms with Crippen LogP contribution in [0.15, 0.2) is 18.2 Å². The Morgan fingerprint density at radius 2 is 2.18 bits per heavy atom. The lowest BCUT2D eigenvalue weighted by Gasteiger charge is -2.20.